The molecule has 4 N–H and O–H groups in total. The summed E-state index contributed by atoms with van der Waals surface area (Å²) >= 11 is 10.3. The van der Waals surface area contributed by atoms with Crippen molar-refractivity contribution in [3.63, 3.8) is 0 Å². The Balaban J connectivity index is 0.000000248. The predicted molar refractivity (Wildman–Crippen MR) is 261 cm³/mol. The molecule has 14 nitrogen and oxygen atoms in total. The number of carboxylic acid groups (broad SMARTS) is 2. The minimum absolute atomic E-state index is 0.178. The number of aromatic nitrogens is 2. The number of esters is 2. The highest BCUT2D eigenvalue weighted by Gasteiger charge is 2.30. The minimum Gasteiger partial charge on any atom is -0.545 e. The van der Waals surface area contributed by atoms with Crippen LogP contribution in [0.3, 0.4) is 0 Å². The van der Waals surface area contributed by atoms with Gasteiger partial charge in [-0.15, -0.1) is 23.5 Å². The number of nitrogens with one attached hydrogen (secondary N) is 2. The third kappa shape index (κ3) is 13.7. The molecule has 352 valence electrons. The highest BCUT2D eigenvalue weighted by molar-refractivity contribution is 9.11. The van der Waals surface area contributed by atoms with E-state index in [1.807, 2.05) is 100.0 Å². The van der Waals surface area contributed by atoms with E-state index in [1.54, 1.807) is 37.4 Å². The zero-order valence-corrected chi connectivity index (χ0v) is 42.8. The zero-order valence-electron chi connectivity index (χ0n) is 38.0. The number of carboxylic acids is 2. The number of phenolic OH excluding ortho intramolecular Hbond substituents is 2. The van der Waals surface area contributed by atoms with E-state index in [4.69, 9.17) is 9.47 Å². The molecule has 0 saturated carbocycles. The van der Waals surface area contributed by atoms with Crippen molar-refractivity contribution in [1.29, 1.82) is 0 Å². The van der Waals surface area contributed by atoms with Crippen LogP contribution in [0.1, 0.15) is 57.1 Å². The molecule has 0 bridgehead atoms. The maximum Gasteiger partial charge on any atom is 0.340 e. The molecule has 18 heteroatoms. The molecule has 0 spiro atoms. The Morgan fingerprint density at radius 3 is 1.26 bits per heavy atom. The van der Waals surface area contributed by atoms with E-state index in [1.165, 1.54) is 0 Å². The number of halogens is 2. The number of ether oxygens (including phenoxy) is 2. The largest absolute Gasteiger partial charge is 0.545 e. The Kier molecular flexibility index (Phi) is 20.3. The number of benzene rings is 4. The molecule has 0 fully saturated rings. The molecule has 66 heavy (non-hydrogen) atoms. The lowest BCUT2D eigenvalue weighted by Gasteiger charge is -2.13. The molecule has 4 aromatic carbocycles. The SMILES string of the molecule is CCOC(=O)c1c(CSc2ccccc2)n(C)c2cc(Br)c(O)c(C[NH+](C)C)c12.CCOC(=O)c1c(CSc2ccccc2)n(C)c2cc(Br)c(O)c(C[NH+](C)C)c12.O=C([O-])/C=C/C(=O)[O-]. The molecule has 0 saturated heterocycles. The number of carbonyl (C=O) groups is 4. The summed E-state index contributed by atoms with van der Waals surface area (Å²) in [5.41, 5.74) is 6.18. The normalized spacial score (nSPS) is 11.2. The van der Waals surface area contributed by atoms with Crippen LogP contribution in [0, 0.1) is 0 Å². The second-order valence-corrected chi connectivity index (χ2v) is 19.1. The summed E-state index contributed by atoms with van der Waals surface area (Å²) in [7, 11) is 12.0. The topological polar surface area (TPSA) is 192 Å². The predicted octanol–water partition coefficient (Wildman–Crippen LogP) is 4.56. The smallest absolute Gasteiger partial charge is 0.340 e. The van der Waals surface area contributed by atoms with Crippen LogP contribution >= 0.6 is 55.4 Å². The molecule has 6 rings (SSSR count). The first-order chi connectivity index (χ1) is 31.3. The van der Waals surface area contributed by atoms with Crippen LogP contribution in [0.25, 0.3) is 21.8 Å². The third-order valence-electron chi connectivity index (χ3n) is 9.89. The number of carbonyl (C=O) groups excluding carboxylic acids is 4. The summed E-state index contributed by atoms with van der Waals surface area (Å²) in [5.74, 6) is -2.19. The number of fused-ring (bicyclic) bond motifs is 2. The first-order valence-electron chi connectivity index (χ1n) is 20.7. The molecule has 2 heterocycles. The summed E-state index contributed by atoms with van der Waals surface area (Å²) in [5, 5.41) is 41.9. The van der Waals surface area contributed by atoms with Gasteiger partial charge in [-0.25, -0.2) is 9.59 Å². The Hall–Kier alpha value is -5.24. The van der Waals surface area contributed by atoms with E-state index in [0.29, 0.717) is 70.0 Å². The van der Waals surface area contributed by atoms with E-state index in [2.05, 4.69) is 56.1 Å². The van der Waals surface area contributed by atoms with Crippen molar-refractivity contribution >= 4 is 101 Å². The number of hydrogen-bond donors (Lipinski definition) is 4. The number of aliphatic carboxylic acids is 2. The molecule has 0 atom stereocenters. The summed E-state index contributed by atoms with van der Waals surface area (Å²) in [4.78, 5) is 49.4. The third-order valence-corrected chi connectivity index (χ3v) is 13.1. The van der Waals surface area contributed by atoms with Crippen molar-refractivity contribution in [2.75, 3.05) is 41.4 Å². The van der Waals surface area contributed by atoms with Gasteiger partial charge in [-0.3, -0.25) is 0 Å². The molecule has 2 aromatic heterocycles. The Labute approximate surface area is 409 Å². The van der Waals surface area contributed by atoms with Crippen LogP contribution in [0.2, 0.25) is 0 Å². The number of hydrogen-bond acceptors (Lipinski definition) is 12. The van der Waals surface area contributed by atoms with Gasteiger partial charge in [0.1, 0.15) is 24.6 Å². The lowest BCUT2D eigenvalue weighted by molar-refractivity contribution is -0.872. The molecular formula is C48H54Br2N4O10S2. The van der Waals surface area contributed by atoms with Gasteiger partial charge in [0, 0.05) is 57.6 Å². The van der Waals surface area contributed by atoms with E-state index in [-0.39, 0.29) is 23.4 Å². The lowest BCUT2D eigenvalue weighted by atomic mass is 10.0. The second-order valence-electron chi connectivity index (χ2n) is 15.3. The number of aryl methyl sites for hydroxylation is 2. The molecule has 0 aliphatic carbocycles. The fraction of sp³-hybridized carbons (Fsp3) is 0.292. The molecule has 0 aliphatic rings. The monoisotopic (exact) mass is 1070 g/mol. The second kappa shape index (κ2) is 25.0. The van der Waals surface area contributed by atoms with Crippen molar-refractivity contribution in [3.05, 3.63) is 128 Å². The van der Waals surface area contributed by atoms with Gasteiger partial charge in [0.2, 0.25) is 0 Å². The standard InChI is InChI=1S/2C22H25BrN2O3S.C4H4O4/c2*1-5-28-22(27)20-18(13-29-14-9-7-6-8-10-14)25(4)17-11-16(23)21(26)15(19(17)20)12-24(2)3;5-3(6)1-2-4(7)8/h2*6-11,26H,5,12-13H2,1-4H3;1-2H,(H,5,6)(H,7,8)/b;;2-1+. The highest BCUT2D eigenvalue weighted by Crippen LogP contribution is 2.42. The molecule has 6 aromatic rings. The highest BCUT2D eigenvalue weighted by atomic mass is 79.9. The van der Waals surface area contributed by atoms with Crippen LogP contribution in [-0.2, 0) is 57.8 Å². The summed E-state index contributed by atoms with van der Waals surface area (Å²) < 4.78 is 16.1. The summed E-state index contributed by atoms with van der Waals surface area (Å²) in [6.07, 6.45) is 0.769. The molecule has 0 amide bonds. The van der Waals surface area contributed by atoms with Gasteiger partial charge < -0.3 is 58.4 Å². The lowest BCUT2D eigenvalue weighted by Crippen LogP contribution is -3.04. The van der Waals surface area contributed by atoms with Crippen molar-refractivity contribution in [2.24, 2.45) is 14.1 Å². The van der Waals surface area contributed by atoms with Crippen LogP contribution in [0.15, 0.2) is 104 Å². The summed E-state index contributed by atoms with van der Waals surface area (Å²) in [6.45, 7) is 5.39. The number of rotatable bonds is 16. The van der Waals surface area contributed by atoms with Crippen molar-refractivity contribution in [3.8, 4) is 11.5 Å². The van der Waals surface area contributed by atoms with Crippen LogP contribution in [0.5, 0.6) is 11.5 Å². The van der Waals surface area contributed by atoms with E-state index in [9.17, 15) is 39.6 Å². The van der Waals surface area contributed by atoms with E-state index < -0.39 is 11.9 Å². The van der Waals surface area contributed by atoms with Gasteiger partial charge in [0.15, 0.2) is 0 Å². The first-order valence-corrected chi connectivity index (χ1v) is 24.3. The Bertz CT molecular complexity index is 2520. The average molecular weight is 1070 g/mol. The van der Waals surface area contributed by atoms with Crippen molar-refractivity contribution < 1.29 is 58.9 Å². The van der Waals surface area contributed by atoms with Gasteiger partial charge >= 0.3 is 11.9 Å². The zero-order chi connectivity index (χ0) is 48.8. The maximum absolute atomic E-state index is 13.0. The summed E-state index contributed by atoms with van der Waals surface area (Å²) in [6, 6.07) is 24.0. The van der Waals surface area contributed by atoms with Crippen LogP contribution in [0.4, 0.5) is 0 Å². The quantitative estimate of drug-likeness (QED) is 0.0602. The first kappa shape index (κ1) is 53.4. The number of thioether (sulfide) groups is 2. The fourth-order valence-corrected chi connectivity index (χ4v) is 9.96. The maximum atomic E-state index is 13.0. The molecule has 0 aliphatic heterocycles. The number of phenols is 2. The van der Waals surface area contributed by atoms with Gasteiger partial charge in [0.05, 0.1) is 95.6 Å². The van der Waals surface area contributed by atoms with Crippen LogP contribution < -0.4 is 20.0 Å². The Morgan fingerprint density at radius 2 is 0.970 bits per heavy atom. The number of quaternary nitrogens is 2. The minimum atomic E-state index is -1.55. The van der Waals surface area contributed by atoms with Gasteiger partial charge in [0.25, 0.3) is 0 Å². The molecular weight excluding hydrogens is 1020 g/mol. The molecule has 0 unspecified atom stereocenters. The average Bonchev–Trinajstić information content (AvgIpc) is 3.71. The number of aromatic hydroxyl groups is 2. The van der Waals surface area contributed by atoms with E-state index in [0.717, 1.165) is 63.9 Å². The van der Waals surface area contributed by atoms with Crippen LogP contribution in [-0.4, -0.2) is 84.6 Å². The number of nitrogens with zero attached hydrogens (tertiary/aromatic N) is 2. The molecule has 0 radical (unpaired) electrons. The van der Waals surface area contributed by atoms with E-state index >= 15 is 0 Å². The van der Waals surface area contributed by atoms with Gasteiger partial charge in [-0.2, -0.15) is 0 Å². The van der Waals surface area contributed by atoms with Gasteiger partial charge in [-0.1, -0.05) is 36.4 Å². The Morgan fingerprint density at radius 1 is 0.636 bits per heavy atom. The van der Waals surface area contributed by atoms with Crippen molar-refractivity contribution in [1.82, 2.24) is 9.13 Å². The van der Waals surface area contributed by atoms with Gasteiger partial charge in [-0.05, 0) is 94.3 Å². The fourth-order valence-electron chi connectivity index (χ4n) is 7.07. The van der Waals surface area contributed by atoms with Crippen molar-refractivity contribution in [2.45, 2.75) is 48.2 Å².